The second-order valence-corrected chi connectivity index (χ2v) is 4.92. The molecular formula is C13H9N3O4S. The van der Waals surface area contributed by atoms with Crippen LogP contribution in [0, 0.1) is 10.1 Å². The van der Waals surface area contributed by atoms with Crippen molar-refractivity contribution in [2.45, 2.75) is 0 Å². The number of rotatable bonds is 4. The molecule has 2 heterocycles. The van der Waals surface area contributed by atoms with Gasteiger partial charge in [0.05, 0.1) is 23.6 Å². The molecular weight excluding hydrogens is 294 g/mol. The van der Waals surface area contributed by atoms with Crippen molar-refractivity contribution in [2.24, 2.45) is 0 Å². The van der Waals surface area contributed by atoms with Gasteiger partial charge in [-0.2, -0.15) is 0 Å². The highest BCUT2D eigenvalue weighted by Crippen LogP contribution is 2.36. The molecule has 7 nitrogen and oxygen atoms in total. The summed E-state index contributed by atoms with van der Waals surface area (Å²) in [6.07, 6.45) is 1.36. The second kappa shape index (κ2) is 5.33. The molecule has 0 unspecified atom stereocenters. The third kappa shape index (κ3) is 2.48. The van der Waals surface area contributed by atoms with Crippen LogP contribution >= 0.6 is 11.3 Å². The monoisotopic (exact) mass is 303 g/mol. The molecule has 0 bridgehead atoms. The first-order valence-electron chi connectivity index (χ1n) is 5.87. The molecule has 0 fully saturated rings. The number of nitro groups is 1. The van der Waals surface area contributed by atoms with E-state index >= 15 is 0 Å². The number of fused-ring (bicyclic) bond motifs is 1. The Morgan fingerprint density at radius 1 is 1.29 bits per heavy atom. The predicted molar refractivity (Wildman–Crippen MR) is 77.1 cm³/mol. The van der Waals surface area contributed by atoms with Gasteiger partial charge < -0.3 is 9.47 Å². The molecule has 1 aromatic carbocycles. The molecule has 2 aromatic heterocycles. The SMILES string of the molecule is COc1ccc(Oc2ncnc3ccsc23)c([N+](=O)[O-])c1. The summed E-state index contributed by atoms with van der Waals surface area (Å²) in [6.45, 7) is 0. The van der Waals surface area contributed by atoms with Crippen molar-refractivity contribution in [3.05, 3.63) is 46.1 Å². The van der Waals surface area contributed by atoms with Gasteiger partial charge in [-0.3, -0.25) is 10.1 Å². The lowest BCUT2D eigenvalue weighted by Gasteiger charge is -2.07. The summed E-state index contributed by atoms with van der Waals surface area (Å²) in [5.74, 6) is 0.787. The molecule has 0 amide bonds. The van der Waals surface area contributed by atoms with Crippen LogP contribution in [0.1, 0.15) is 0 Å². The molecule has 106 valence electrons. The van der Waals surface area contributed by atoms with Crippen LogP contribution < -0.4 is 9.47 Å². The highest BCUT2D eigenvalue weighted by Gasteiger charge is 2.19. The average molecular weight is 303 g/mol. The van der Waals surface area contributed by atoms with Crippen LogP contribution in [-0.4, -0.2) is 22.0 Å². The van der Waals surface area contributed by atoms with Crippen LogP contribution in [0.25, 0.3) is 10.2 Å². The van der Waals surface area contributed by atoms with E-state index in [1.54, 1.807) is 6.07 Å². The molecule has 21 heavy (non-hydrogen) atoms. The maximum absolute atomic E-state index is 11.1. The summed E-state index contributed by atoms with van der Waals surface area (Å²) in [5, 5.41) is 13.0. The fraction of sp³-hybridized carbons (Fsp3) is 0.0769. The second-order valence-electron chi connectivity index (χ2n) is 4.01. The standard InChI is InChI=1S/C13H9N3O4S/c1-19-8-2-3-11(10(6-8)16(17)18)20-13-12-9(4-5-21-12)14-7-15-13/h2-7H,1H3. The van der Waals surface area contributed by atoms with Crippen LogP contribution in [0.2, 0.25) is 0 Å². The molecule has 0 aliphatic heterocycles. The lowest BCUT2D eigenvalue weighted by atomic mass is 10.3. The Kier molecular flexibility index (Phi) is 3.36. The van der Waals surface area contributed by atoms with E-state index in [9.17, 15) is 10.1 Å². The van der Waals surface area contributed by atoms with Gasteiger partial charge in [0.2, 0.25) is 11.6 Å². The molecule has 0 atom stereocenters. The van der Waals surface area contributed by atoms with Crippen molar-refractivity contribution in [2.75, 3.05) is 7.11 Å². The number of aromatic nitrogens is 2. The smallest absolute Gasteiger partial charge is 0.315 e. The zero-order valence-corrected chi connectivity index (χ0v) is 11.7. The topological polar surface area (TPSA) is 87.4 Å². The van der Waals surface area contributed by atoms with Gasteiger partial charge in [0.15, 0.2) is 0 Å². The minimum Gasteiger partial charge on any atom is -0.496 e. The van der Waals surface area contributed by atoms with Crippen molar-refractivity contribution in [1.82, 2.24) is 9.97 Å². The number of ether oxygens (including phenoxy) is 2. The summed E-state index contributed by atoms with van der Waals surface area (Å²) in [4.78, 5) is 18.7. The minimum atomic E-state index is -0.523. The zero-order chi connectivity index (χ0) is 14.8. The quantitative estimate of drug-likeness (QED) is 0.542. The number of thiophene rings is 1. The predicted octanol–water partition coefficient (Wildman–Crippen LogP) is 3.40. The Balaban J connectivity index is 2.05. The first-order valence-corrected chi connectivity index (χ1v) is 6.75. The van der Waals surface area contributed by atoms with E-state index in [-0.39, 0.29) is 11.4 Å². The van der Waals surface area contributed by atoms with E-state index in [1.807, 2.05) is 11.4 Å². The molecule has 0 aliphatic carbocycles. The van der Waals surface area contributed by atoms with E-state index in [0.717, 1.165) is 10.2 Å². The molecule has 0 aliphatic rings. The fourth-order valence-electron chi connectivity index (χ4n) is 1.80. The number of hydrogen-bond donors (Lipinski definition) is 0. The van der Waals surface area contributed by atoms with Crippen LogP contribution in [0.4, 0.5) is 5.69 Å². The number of nitro benzene ring substituents is 1. The normalized spacial score (nSPS) is 10.5. The lowest BCUT2D eigenvalue weighted by molar-refractivity contribution is -0.385. The molecule has 8 heteroatoms. The lowest BCUT2D eigenvalue weighted by Crippen LogP contribution is -1.96. The largest absolute Gasteiger partial charge is 0.496 e. The Labute approximate surface area is 122 Å². The van der Waals surface area contributed by atoms with E-state index in [4.69, 9.17) is 9.47 Å². The number of nitrogens with zero attached hydrogens (tertiary/aromatic N) is 3. The van der Waals surface area contributed by atoms with Gasteiger partial charge in [0, 0.05) is 0 Å². The van der Waals surface area contributed by atoms with Crippen LogP contribution in [0.15, 0.2) is 36.0 Å². The Morgan fingerprint density at radius 3 is 2.90 bits per heavy atom. The van der Waals surface area contributed by atoms with Gasteiger partial charge >= 0.3 is 5.69 Å². The first kappa shape index (κ1) is 13.3. The maximum Gasteiger partial charge on any atom is 0.315 e. The van der Waals surface area contributed by atoms with Crippen LogP contribution in [-0.2, 0) is 0 Å². The van der Waals surface area contributed by atoms with Gasteiger partial charge in [-0.15, -0.1) is 11.3 Å². The Bertz CT molecular complexity index is 818. The Hall–Kier alpha value is -2.74. The molecule has 0 saturated heterocycles. The Morgan fingerprint density at radius 2 is 2.14 bits per heavy atom. The summed E-state index contributed by atoms with van der Waals surface area (Å²) >= 11 is 1.41. The van der Waals surface area contributed by atoms with Crippen molar-refractivity contribution in [3.63, 3.8) is 0 Å². The van der Waals surface area contributed by atoms with Gasteiger partial charge in [-0.25, -0.2) is 9.97 Å². The number of methoxy groups -OCH3 is 1. The number of hydrogen-bond acceptors (Lipinski definition) is 7. The molecule has 0 radical (unpaired) electrons. The van der Waals surface area contributed by atoms with Crippen molar-refractivity contribution < 1.29 is 14.4 Å². The fourth-order valence-corrected chi connectivity index (χ4v) is 2.57. The molecule has 3 aromatic rings. The van der Waals surface area contributed by atoms with Crippen LogP contribution in [0.5, 0.6) is 17.4 Å². The number of benzene rings is 1. The molecule has 3 rings (SSSR count). The molecule has 0 N–H and O–H groups in total. The molecule has 0 spiro atoms. The maximum atomic E-state index is 11.1. The summed E-state index contributed by atoms with van der Waals surface area (Å²) in [7, 11) is 1.44. The molecule has 0 saturated carbocycles. The van der Waals surface area contributed by atoms with Crippen molar-refractivity contribution in [1.29, 1.82) is 0 Å². The highest BCUT2D eigenvalue weighted by molar-refractivity contribution is 7.17. The zero-order valence-electron chi connectivity index (χ0n) is 10.8. The summed E-state index contributed by atoms with van der Waals surface area (Å²) in [6, 6.07) is 6.22. The van der Waals surface area contributed by atoms with E-state index in [2.05, 4.69) is 9.97 Å². The van der Waals surface area contributed by atoms with E-state index in [1.165, 1.54) is 36.9 Å². The van der Waals surface area contributed by atoms with Crippen molar-refractivity contribution >= 4 is 27.2 Å². The average Bonchev–Trinajstić information content (AvgIpc) is 2.97. The first-order chi connectivity index (χ1) is 10.2. The van der Waals surface area contributed by atoms with Gasteiger partial charge in [0.25, 0.3) is 0 Å². The van der Waals surface area contributed by atoms with Crippen LogP contribution in [0.3, 0.4) is 0 Å². The van der Waals surface area contributed by atoms with E-state index in [0.29, 0.717) is 11.6 Å². The summed E-state index contributed by atoms with van der Waals surface area (Å²) in [5.41, 5.74) is 0.554. The minimum absolute atomic E-state index is 0.106. The van der Waals surface area contributed by atoms with Gasteiger partial charge in [-0.05, 0) is 23.6 Å². The third-order valence-corrected chi connectivity index (χ3v) is 3.67. The summed E-state index contributed by atoms with van der Waals surface area (Å²) < 4.78 is 11.3. The highest BCUT2D eigenvalue weighted by atomic mass is 32.1. The van der Waals surface area contributed by atoms with Crippen molar-refractivity contribution in [3.8, 4) is 17.4 Å². The third-order valence-electron chi connectivity index (χ3n) is 2.78. The van der Waals surface area contributed by atoms with E-state index < -0.39 is 4.92 Å². The van der Waals surface area contributed by atoms with Gasteiger partial charge in [-0.1, -0.05) is 0 Å². The van der Waals surface area contributed by atoms with Gasteiger partial charge in [0.1, 0.15) is 16.8 Å².